The maximum absolute atomic E-state index is 6.13. The van der Waals surface area contributed by atoms with E-state index >= 15 is 0 Å². The molecular formula is C20H32O6. The van der Waals surface area contributed by atoms with Gasteiger partial charge in [-0.25, -0.2) is 0 Å². The van der Waals surface area contributed by atoms with Crippen molar-refractivity contribution in [2.24, 2.45) is 17.3 Å². The predicted molar refractivity (Wildman–Crippen MR) is 92.6 cm³/mol. The normalized spacial score (nSPS) is 51.7. The van der Waals surface area contributed by atoms with E-state index in [1.54, 1.807) is 0 Å². The minimum Gasteiger partial charge on any atom is -0.370 e. The third kappa shape index (κ3) is 3.56. The van der Waals surface area contributed by atoms with Crippen LogP contribution in [0.2, 0.25) is 0 Å². The zero-order valence-corrected chi connectivity index (χ0v) is 15.9. The van der Waals surface area contributed by atoms with Gasteiger partial charge >= 0.3 is 0 Å². The number of hydrogen-bond acceptors (Lipinski definition) is 6. The molecule has 26 heavy (non-hydrogen) atoms. The SMILES string of the molecule is CCC(CC1OC1C)C1OCC2(CO1)COC(C1CCC3OC3C1)OC2. The van der Waals surface area contributed by atoms with Gasteiger partial charge in [0.2, 0.25) is 0 Å². The Kier molecular flexibility index (Phi) is 4.78. The third-order valence-electron chi connectivity index (χ3n) is 6.93. The highest BCUT2D eigenvalue weighted by Gasteiger charge is 2.49. The van der Waals surface area contributed by atoms with Gasteiger partial charge in [0.15, 0.2) is 12.6 Å². The van der Waals surface area contributed by atoms with Gasteiger partial charge in [-0.3, -0.25) is 0 Å². The van der Waals surface area contributed by atoms with E-state index in [0.717, 1.165) is 32.1 Å². The summed E-state index contributed by atoms with van der Waals surface area (Å²) < 4.78 is 35.7. The number of rotatable bonds is 5. The lowest BCUT2D eigenvalue weighted by Gasteiger charge is -2.46. The number of epoxide rings is 2. The molecule has 0 aromatic rings. The van der Waals surface area contributed by atoms with Crippen LogP contribution in [0.1, 0.15) is 46.0 Å². The van der Waals surface area contributed by atoms with Crippen LogP contribution in [0.3, 0.4) is 0 Å². The fourth-order valence-corrected chi connectivity index (χ4v) is 4.85. The Balaban J connectivity index is 1.10. The lowest BCUT2D eigenvalue weighted by molar-refractivity contribution is -0.320. The Morgan fingerprint density at radius 3 is 2.23 bits per heavy atom. The molecule has 148 valence electrons. The molecule has 0 amide bonds. The highest BCUT2D eigenvalue weighted by Crippen LogP contribution is 2.43. The molecule has 1 spiro atoms. The molecule has 0 bridgehead atoms. The van der Waals surface area contributed by atoms with E-state index in [0.29, 0.717) is 62.7 Å². The summed E-state index contributed by atoms with van der Waals surface area (Å²) in [5.74, 6) is 0.869. The first kappa shape index (κ1) is 17.8. The van der Waals surface area contributed by atoms with E-state index in [1.807, 2.05) is 0 Å². The number of hydrogen-bond donors (Lipinski definition) is 0. The second-order valence-electron chi connectivity index (χ2n) is 9.05. The van der Waals surface area contributed by atoms with Gasteiger partial charge in [-0.15, -0.1) is 0 Å². The van der Waals surface area contributed by atoms with Gasteiger partial charge in [0, 0.05) is 11.8 Å². The maximum atomic E-state index is 6.13. The Morgan fingerprint density at radius 1 is 0.923 bits per heavy atom. The van der Waals surface area contributed by atoms with Crippen LogP contribution in [0.15, 0.2) is 0 Å². The zero-order valence-electron chi connectivity index (χ0n) is 15.9. The summed E-state index contributed by atoms with van der Waals surface area (Å²) >= 11 is 0. The molecule has 0 N–H and O–H groups in total. The number of fused-ring (bicyclic) bond motifs is 1. The molecule has 5 rings (SSSR count). The van der Waals surface area contributed by atoms with Crippen molar-refractivity contribution in [3.8, 4) is 0 Å². The van der Waals surface area contributed by atoms with E-state index < -0.39 is 0 Å². The third-order valence-corrected chi connectivity index (χ3v) is 6.93. The Hall–Kier alpha value is -0.240. The second-order valence-corrected chi connectivity index (χ2v) is 9.05. The molecule has 0 radical (unpaired) electrons. The van der Waals surface area contributed by atoms with Crippen LogP contribution in [-0.2, 0) is 28.4 Å². The van der Waals surface area contributed by atoms with Gasteiger partial charge in [0.05, 0.1) is 56.3 Å². The van der Waals surface area contributed by atoms with Crippen LogP contribution in [-0.4, -0.2) is 63.4 Å². The van der Waals surface area contributed by atoms with Crippen LogP contribution in [0.5, 0.6) is 0 Å². The van der Waals surface area contributed by atoms with Gasteiger partial charge in [-0.05, 0) is 39.0 Å². The molecule has 4 aliphatic heterocycles. The van der Waals surface area contributed by atoms with Crippen LogP contribution >= 0.6 is 0 Å². The molecule has 6 atom stereocenters. The monoisotopic (exact) mass is 368 g/mol. The van der Waals surface area contributed by atoms with Gasteiger partial charge in [0.25, 0.3) is 0 Å². The van der Waals surface area contributed by atoms with Crippen molar-refractivity contribution in [1.29, 1.82) is 0 Å². The molecule has 4 heterocycles. The minimum atomic E-state index is -0.151. The standard InChI is InChI=1S/C20H32O6/c1-3-13(6-16-12(2)25-16)18-21-8-20(9-22-18)10-23-19(24-11-20)14-4-5-15-17(7-14)26-15/h12-19H,3-11H2,1-2H3. The van der Waals surface area contributed by atoms with E-state index in [-0.39, 0.29) is 18.0 Å². The van der Waals surface area contributed by atoms with Crippen LogP contribution in [0.25, 0.3) is 0 Å². The van der Waals surface area contributed by atoms with Crippen molar-refractivity contribution in [3.05, 3.63) is 0 Å². The molecule has 0 aromatic carbocycles. The molecule has 5 aliphatic rings. The van der Waals surface area contributed by atoms with Gasteiger partial charge in [-0.2, -0.15) is 0 Å². The van der Waals surface area contributed by atoms with E-state index in [4.69, 9.17) is 28.4 Å². The summed E-state index contributed by atoms with van der Waals surface area (Å²) in [5.41, 5.74) is -0.151. The van der Waals surface area contributed by atoms with Crippen LogP contribution in [0, 0.1) is 17.3 Å². The number of ether oxygens (including phenoxy) is 6. The topological polar surface area (TPSA) is 62.0 Å². The van der Waals surface area contributed by atoms with Crippen molar-refractivity contribution < 1.29 is 28.4 Å². The summed E-state index contributed by atoms with van der Waals surface area (Å²) in [6, 6.07) is 0. The van der Waals surface area contributed by atoms with Crippen molar-refractivity contribution in [3.63, 3.8) is 0 Å². The highest BCUT2D eigenvalue weighted by molar-refractivity contribution is 4.94. The first-order chi connectivity index (χ1) is 12.7. The molecule has 1 aliphatic carbocycles. The Bertz CT molecular complexity index is 495. The molecule has 1 saturated carbocycles. The summed E-state index contributed by atoms with van der Waals surface area (Å²) in [6.45, 7) is 6.96. The van der Waals surface area contributed by atoms with Gasteiger partial charge < -0.3 is 28.4 Å². The zero-order chi connectivity index (χ0) is 17.7. The Labute approximate surface area is 155 Å². The highest BCUT2D eigenvalue weighted by atomic mass is 16.7. The average molecular weight is 368 g/mol. The molecule has 6 heteroatoms. The van der Waals surface area contributed by atoms with Gasteiger partial charge in [-0.1, -0.05) is 6.92 Å². The first-order valence-electron chi connectivity index (χ1n) is 10.4. The fraction of sp³-hybridized carbons (Fsp3) is 1.00. The van der Waals surface area contributed by atoms with E-state index in [2.05, 4.69) is 13.8 Å². The predicted octanol–water partition coefficient (Wildman–Crippen LogP) is 2.49. The van der Waals surface area contributed by atoms with Crippen molar-refractivity contribution >= 4 is 0 Å². The van der Waals surface area contributed by atoms with Crippen LogP contribution in [0.4, 0.5) is 0 Å². The van der Waals surface area contributed by atoms with Crippen molar-refractivity contribution in [2.45, 2.75) is 82.9 Å². The molecule has 4 saturated heterocycles. The fourth-order valence-electron chi connectivity index (χ4n) is 4.85. The largest absolute Gasteiger partial charge is 0.370 e. The second kappa shape index (κ2) is 6.98. The Morgan fingerprint density at radius 2 is 1.62 bits per heavy atom. The lowest BCUT2D eigenvalue weighted by Crippen LogP contribution is -2.54. The van der Waals surface area contributed by atoms with Crippen LogP contribution < -0.4 is 0 Å². The first-order valence-corrected chi connectivity index (χ1v) is 10.4. The molecule has 5 fully saturated rings. The minimum absolute atomic E-state index is 0.0830. The van der Waals surface area contributed by atoms with Crippen molar-refractivity contribution in [1.82, 2.24) is 0 Å². The smallest absolute Gasteiger partial charge is 0.160 e. The molecule has 6 nitrogen and oxygen atoms in total. The summed E-state index contributed by atoms with van der Waals surface area (Å²) in [5, 5.41) is 0. The van der Waals surface area contributed by atoms with Crippen molar-refractivity contribution in [2.75, 3.05) is 26.4 Å². The summed E-state index contributed by atoms with van der Waals surface area (Å²) in [7, 11) is 0. The maximum Gasteiger partial charge on any atom is 0.160 e. The average Bonchev–Trinajstić information content (AvgIpc) is 3.58. The quantitative estimate of drug-likeness (QED) is 0.695. The molecule has 0 aromatic heterocycles. The molecule has 6 unspecified atom stereocenters. The lowest BCUT2D eigenvalue weighted by atomic mass is 9.86. The summed E-state index contributed by atoms with van der Waals surface area (Å²) in [4.78, 5) is 0. The summed E-state index contributed by atoms with van der Waals surface area (Å²) in [6.07, 6.45) is 7.01. The van der Waals surface area contributed by atoms with Gasteiger partial charge in [0.1, 0.15) is 0 Å². The van der Waals surface area contributed by atoms with E-state index in [9.17, 15) is 0 Å². The van der Waals surface area contributed by atoms with E-state index in [1.165, 1.54) is 0 Å². The molecular weight excluding hydrogens is 336 g/mol.